The standard InChI is InChI=1S/C9H6IN/c10-6-5-8-1-3-9(7-11)4-2-8/h1-6H/b6-5-. The molecule has 0 saturated heterocycles. The summed E-state index contributed by atoms with van der Waals surface area (Å²) in [5.74, 6) is 0. The Labute approximate surface area is 79.5 Å². The third-order valence-electron chi connectivity index (χ3n) is 1.30. The molecule has 0 unspecified atom stereocenters. The molecule has 1 aromatic rings. The first-order chi connectivity index (χ1) is 5.36. The van der Waals surface area contributed by atoms with E-state index in [2.05, 4.69) is 28.7 Å². The first-order valence-corrected chi connectivity index (χ1v) is 4.38. The van der Waals surface area contributed by atoms with Crippen LogP contribution in [0.15, 0.2) is 28.3 Å². The van der Waals surface area contributed by atoms with Crippen LogP contribution in [0.3, 0.4) is 0 Å². The number of hydrogen-bond acceptors (Lipinski definition) is 1. The number of nitrogens with zero attached hydrogens (tertiary/aromatic N) is 1. The Kier molecular flexibility index (Phi) is 3.12. The lowest BCUT2D eigenvalue weighted by Crippen LogP contribution is -1.73. The monoisotopic (exact) mass is 255 g/mol. The highest BCUT2D eigenvalue weighted by Crippen LogP contribution is 2.05. The van der Waals surface area contributed by atoms with E-state index >= 15 is 0 Å². The highest BCUT2D eigenvalue weighted by atomic mass is 127. The molecule has 0 amide bonds. The van der Waals surface area contributed by atoms with Crippen molar-refractivity contribution in [2.45, 2.75) is 0 Å². The lowest BCUT2D eigenvalue weighted by Gasteiger charge is -1.90. The van der Waals surface area contributed by atoms with Crippen molar-refractivity contribution in [1.29, 1.82) is 5.26 Å². The number of benzene rings is 1. The van der Waals surface area contributed by atoms with Crippen molar-refractivity contribution in [1.82, 2.24) is 0 Å². The fourth-order valence-electron chi connectivity index (χ4n) is 0.742. The van der Waals surface area contributed by atoms with E-state index in [-0.39, 0.29) is 0 Å². The van der Waals surface area contributed by atoms with Gasteiger partial charge in [-0.1, -0.05) is 34.7 Å². The van der Waals surface area contributed by atoms with E-state index < -0.39 is 0 Å². The van der Waals surface area contributed by atoms with E-state index in [0.29, 0.717) is 5.56 Å². The number of rotatable bonds is 1. The predicted molar refractivity (Wildman–Crippen MR) is 54.2 cm³/mol. The van der Waals surface area contributed by atoms with Crippen LogP contribution < -0.4 is 0 Å². The van der Waals surface area contributed by atoms with Gasteiger partial charge in [0, 0.05) is 0 Å². The zero-order chi connectivity index (χ0) is 8.10. The summed E-state index contributed by atoms with van der Waals surface area (Å²) in [6.07, 6.45) is 1.99. The van der Waals surface area contributed by atoms with Crippen molar-refractivity contribution in [2.24, 2.45) is 0 Å². The average molecular weight is 255 g/mol. The Bertz CT molecular complexity index is 292. The first kappa shape index (κ1) is 8.28. The molecule has 0 aliphatic heterocycles. The van der Waals surface area contributed by atoms with E-state index in [1.165, 1.54) is 0 Å². The SMILES string of the molecule is N#Cc1ccc(/C=C\I)cc1. The normalized spacial score (nSPS) is 9.82. The molecule has 54 valence electrons. The Morgan fingerprint density at radius 1 is 1.27 bits per heavy atom. The van der Waals surface area contributed by atoms with Gasteiger partial charge in [0.25, 0.3) is 0 Å². The zero-order valence-corrected chi connectivity index (χ0v) is 7.95. The Morgan fingerprint density at radius 2 is 1.91 bits per heavy atom. The lowest BCUT2D eigenvalue weighted by molar-refractivity contribution is 1.48. The van der Waals surface area contributed by atoms with E-state index in [4.69, 9.17) is 5.26 Å². The molecule has 11 heavy (non-hydrogen) atoms. The van der Waals surface area contributed by atoms with Gasteiger partial charge in [0.2, 0.25) is 0 Å². The van der Waals surface area contributed by atoms with E-state index in [9.17, 15) is 0 Å². The second-order valence-corrected chi connectivity index (χ2v) is 2.75. The minimum absolute atomic E-state index is 0.704. The van der Waals surface area contributed by atoms with Gasteiger partial charge in [-0.25, -0.2) is 0 Å². The minimum atomic E-state index is 0.704. The molecule has 0 bridgehead atoms. The first-order valence-electron chi connectivity index (χ1n) is 3.14. The van der Waals surface area contributed by atoms with Gasteiger partial charge in [-0.15, -0.1) is 0 Å². The van der Waals surface area contributed by atoms with Crippen LogP contribution in [0.5, 0.6) is 0 Å². The van der Waals surface area contributed by atoms with Gasteiger partial charge in [-0.3, -0.25) is 0 Å². The summed E-state index contributed by atoms with van der Waals surface area (Å²) in [6.45, 7) is 0. The quantitative estimate of drug-likeness (QED) is 0.707. The van der Waals surface area contributed by atoms with Crippen LogP contribution in [-0.2, 0) is 0 Å². The lowest BCUT2D eigenvalue weighted by atomic mass is 10.1. The second kappa shape index (κ2) is 4.14. The Balaban J connectivity index is 2.94. The number of halogens is 1. The highest BCUT2D eigenvalue weighted by molar-refractivity contribution is 14.1. The topological polar surface area (TPSA) is 23.8 Å². The molecular formula is C9H6IN. The van der Waals surface area contributed by atoms with Crippen LogP contribution in [0, 0.1) is 11.3 Å². The smallest absolute Gasteiger partial charge is 0.0991 e. The van der Waals surface area contributed by atoms with Crippen molar-refractivity contribution in [3.63, 3.8) is 0 Å². The third kappa shape index (κ3) is 2.35. The largest absolute Gasteiger partial charge is 0.192 e. The van der Waals surface area contributed by atoms with Crippen molar-refractivity contribution in [2.75, 3.05) is 0 Å². The number of nitriles is 1. The molecule has 0 saturated carbocycles. The van der Waals surface area contributed by atoms with Gasteiger partial charge < -0.3 is 0 Å². The molecule has 0 N–H and O–H groups in total. The molecule has 1 aromatic carbocycles. The molecule has 0 fully saturated rings. The van der Waals surface area contributed by atoms with Crippen molar-refractivity contribution >= 4 is 28.7 Å². The van der Waals surface area contributed by atoms with Crippen molar-refractivity contribution in [3.05, 3.63) is 39.5 Å². The van der Waals surface area contributed by atoms with E-state index in [1.807, 2.05) is 34.4 Å². The van der Waals surface area contributed by atoms with Crippen LogP contribution in [0.1, 0.15) is 11.1 Å². The molecule has 0 aromatic heterocycles. The second-order valence-electron chi connectivity index (χ2n) is 2.03. The molecule has 1 rings (SSSR count). The molecule has 0 radical (unpaired) electrons. The van der Waals surface area contributed by atoms with Crippen LogP contribution in [0.2, 0.25) is 0 Å². The van der Waals surface area contributed by atoms with Crippen molar-refractivity contribution in [3.8, 4) is 6.07 Å². The van der Waals surface area contributed by atoms with Gasteiger partial charge >= 0.3 is 0 Å². The molecule has 2 heteroatoms. The highest BCUT2D eigenvalue weighted by Gasteiger charge is 1.87. The van der Waals surface area contributed by atoms with Gasteiger partial charge in [0.05, 0.1) is 11.6 Å². The Morgan fingerprint density at radius 3 is 2.36 bits per heavy atom. The molecular weight excluding hydrogens is 249 g/mol. The number of hydrogen-bond donors (Lipinski definition) is 0. The maximum Gasteiger partial charge on any atom is 0.0991 e. The van der Waals surface area contributed by atoms with Crippen molar-refractivity contribution < 1.29 is 0 Å². The summed E-state index contributed by atoms with van der Waals surface area (Å²) < 4.78 is 1.94. The van der Waals surface area contributed by atoms with E-state index in [1.54, 1.807) is 0 Å². The van der Waals surface area contributed by atoms with Crippen LogP contribution in [-0.4, -0.2) is 0 Å². The minimum Gasteiger partial charge on any atom is -0.192 e. The average Bonchev–Trinajstić information content (AvgIpc) is 2.07. The molecule has 0 heterocycles. The molecule has 0 atom stereocenters. The predicted octanol–water partition coefficient (Wildman–Crippen LogP) is 2.96. The fourth-order valence-corrected chi connectivity index (χ4v) is 1.16. The molecule has 0 spiro atoms. The third-order valence-corrected chi connectivity index (χ3v) is 1.65. The summed E-state index contributed by atoms with van der Waals surface area (Å²) in [6, 6.07) is 9.54. The van der Waals surface area contributed by atoms with Gasteiger partial charge in [0.15, 0.2) is 0 Å². The van der Waals surface area contributed by atoms with Gasteiger partial charge in [0.1, 0.15) is 0 Å². The van der Waals surface area contributed by atoms with Crippen LogP contribution in [0.4, 0.5) is 0 Å². The summed E-state index contributed by atoms with van der Waals surface area (Å²) >= 11 is 2.16. The molecule has 0 aliphatic carbocycles. The van der Waals surface area contributed by atoms with Crippen LogP contribution >= 0.6 is 22.6 Å². The summed E-state index contributed by atoms with van der Waals surface area (Å²) in [7, 11) is 0. The summed E-state index contributed by atoms with van der Waals surface area (Å²) in [5, 5.41) is 8.49. The Hall–Kier alpha value is -0.820. The maximum atomic E-state index is 8.49. The van der Waals surface area contributed by atoms with Gasteiger partial charge in [-0.05, 0) is 27.9 Å². The summed E-state index contributed by atoms with van der Waals surface area (Å²) in [5.41, 5.74) is 1.83. The molecule has 1 nitrogen and oxygen atoms in total. The zero-order valence-electron chi connectivity index (χ0n) is 5.79. The van der Waals surface area contributed by atoms with Crippen LogP contribution in [0.25, 0.3) is 6.08 Å². The fraction of sp³-hybridized carbons (Fsp3) is 0. The maximum absolute atomic E-state index is 8.49. The van der Waals surface area contributed by atoms with Gasteiger partial charge in [-0.2, -0.15) is 5.26 Å². The van der Waals surface area contributed by atoms with E-state index in [0.717, 1.165) is 5.56 Å². The molecule has 0 aliphatic rings. The summed E-state index contributed by atoms with van der Waals surface area (Å²) in [4.78, 5) is 0.